The van der Waals surface area contributed by atoms with Crippen LogP contribution in [0.3, 0.4) is 0 Å². The van der Waals surface area contributed by atoms with Gasteiger partial charge in [0, 0.05) is 32.7 Å². The molecule has 0 spiro atoms. The topological polar surface area (TPSA) is 85.3 Å². The van der Waals surface area contributed by atoms with Crippen molar-refractivity contribution in [2.75, 3.05) is 17.2 Å². The van der Waals surface area contributed by atoms with E-state index < -0.39 is 6.03 Å². The molecule has 4 rings (SSSR count). The zero-order chi connectivity index (χ0) is 27.4. The van der Waals surface area contributed by atoms with Crippen LogP contribution in [0.2, 0.25) is 0 Å². The van der Waals surface area contributed by atoms with Crippen LogP contribution >= 0.6 is 0 Å². The van der Waals surface area contributed by atoms with E-state index in [1.54, 1.807) is 31.4 Å². The summed E-state index contributed by atoms with van der Waals surface area (Å²) >= 11 is 0. The molecule has 2 aromatic carbocycles. The number of ether oxygens (including phenoxy) is 1. The van der Waals surface area contributed by atoms with Crippen LogP contribution in [0, 0.1) is 12.3 Å². The lowest BCUT2D eigenvalue weighted by Crippen LogP contribution is -2.29. The van der Waals surface area contributed by atoms with Gasteiger partial charge >= 0.3 is 6.03 Å². The number of hydrogen-bond acceptors (Lipinski definition) is 4. The molecule has 2 heterocycles. The molecule has 0 fully saturated rings. The highest BCUT2D eigenvalue weighted by Crippen LogP contribution is 2.35. The van der Waals surface area contributed by atoms with Crippen molar-refractivity contribution in [1.82, 2.24) is 9.55 Å². The van der Waals surface area contributed by atoms with E-state index in [0.29, 0.717) is 27.9 Å². The van der Waals surface area contributed by atoms with E-state index in [1.807, 2.05) is 36.4 Å². The number of anilines is 2. The molecular formula is C33H44N4O3. The molecule has 2 amide bonds. The van der Waals surface area contributed by atoms with Gasteiger partial charge < -0.3 is 15.4 Å². The number of pyridine rings is 2. The number of hydrogen-bond donors (Lipinski definition) is 2. The Kier molecular flexibility index (Phi) is 10.7. The van der Waals surface area contributed by atoms with Crippen LogP contribution in [0.4, 0.5) is 16.2 Å². The van der Waals surface area contributed by atoms with Crippen LogP contribution < -0.4 is 20.9 Å². The minimum atomic E-state index is -0.499. The molecule has 2 N–H and O–H groups in total. The molecular weight excluding hydrogens is 500 g/mol. The van der Waals surface area contributed by atoms with Gasteiger partial charge in [-0.2, -0.15) is 0 Å². The minimum Gasteiger partial charge on any atom is -0.481 e. The summed E-state index contributed by atoms with van der Waals surface area (Å²) in [5.41, 5.74) is 4.34. The molecule has 40 heavy (non-hydrogen) atoms. The van der Waals surface area contributed by atoms with Crippen molar-refractivity contribution >= 4 is 28.4 Å². The van der Waals surface area contributed by atoms with E-state index in [9.17, 15) is 9.59 Å². The molecule has 0 bridgehead atoms. The number of para-hydroxylation sites is 1. The number of aryl methyl sites for hydroxylation is 1. The summed E-state index contributed by atoms with van der Waals surface area (Å²) in [6, 6.07) is 16.5. The maximum absolute atomic E-state index is 13.6. The molecule has 2 aromatic heterocycles. The summed E-state index contributed by atoms with van der Waals surface area (Å²) in [4.78, 5) is 31.5. The highest BCUT2D eigenvalue weighted by Gasteiger charge is 2.22. The SMILES string of the molecule is C.C.C#CCOc1cccc(-c2c(NC(=O)Nc3c(C(C)C)cccc3C(C)C)c(=O)n(C)c3ncccc23)c1.[HH].[HH]. The van der Waals surface area contributed by atoms with Crippen LogP contribution in [0.25, 0.3) is 22.2 Å². The van der Waals surface area contributed by atoms with E-state index in [-0.39, 0.29) is 47.4 Å². The molecule has 0 atom stereocenters. The van der Waals surface area contributed by atoms with Gasteiger partial charge in [-0.25, -0.2) is 9.78 Å². The molecule has 0 saturated heterocycles. The summed E-state index contributed by atoms with van der Waals surface area (Å²) in [6.07, 6.45) is 6.99. The van der Waals surface area contributed by atoms with Crippen LogP contribution in [-0.4, -0.2) is 22.2 Å². The Morgan fingerprint density at radius 1 is 1.00 bits per heavy atom. The smallest absolute Gasteiger partial charge is 0.323 e. The Hall–Kier alpha value is -4.57. The average molecular weight is 545 g/mol. The van der Waals surface area contributed by atoms with E-state index in [0.717, 1.165) is 16.8 Å². The van der Waals surface area contributed by atoms with E-state index in [4.69, 9.17) is 11.2 Å². The third-order valence-corrected chi connectivity index (χ3v) is 6.44. The molecule has 214 valence electrons. The van der Waals surface area contributed by atoms with E-state index in [2.05, 4.69) is 49.2 Å². The minimum absolute atomic E-state index is 0. The number of nitrogens with zero attached hydrogens (tertiary/aromatic N) is 2. The molecule has 0 radical (unpaired) electrons. The van der Waals surface area contributed by atoms with Gasteiger partial charge in [-0.15, -0.1) is 6.42 Å². The fourth-order valence-corrected chi connectivity index (χ4v) is 4.60. The second-order valence-electron chi connectivity index (χ2n) is 9.71. The number of carbonyl (C=O) groups excluding carboxylic acids is 1. The zero-order valence-corrected chi connectivity index (χ0v) is 22.3. The quantitative estimate of drug-likeness (QED) is 0.229. The van der Waals surface area contributed by atoms with Gasteiger partial charge in [0.2, 0.25) is 0 Å². The summed E-state index contributed by atoms with van der Waals surface area (Å²) in [5, 5.41) is 6.62. The van der Waals surface area contributed by atoms with Crippen LogP contribution in [-0.2, 0) is 7.05 Å². The van der Waals surface area contributed by atoms with Crippen LogP contribution in [0.5, 0.6) is 5.75 Å². The third-order valence-electron chi connectivity index (χ3n) is 6.44. The van der Waals surface area contributed by atoms with Gasteiger partial charge in [0.15, 0.2) is 0 Å². The predicted octanol–water partition coefficient (Wildman–Crippen LogP) is 8.27. The van der Waals surface area contributed by atoms with Crippen molar-refractivity contribution in [3.8, 4) is 29.2 Å². The molecule has 0 aliphatic carbocycles. The first-order valence-electron chi connectivity index (χ1n) is 12.6. The average Bonchev–Trinajstić information content (AvgIpc) is 2.90. The lowest BCUT2D eigenvalue weighted by Gasteiger charge is -2.21. The summed E-state index contributed by atoms with van der Waals surface area (Å²) in [5.74, 6) is 3.41. The Morgan fingerprint density at radius 3 is 2.25 bits per heavy atom. The second-order valence-corrected chi connectivity index (χ2v) is 9.71. The van der Waals surface area contributed by atoms with Crippen LogP contribution in [0.15, 0.2) is 65.6 Å². The normalized spacial score (nSPS) is 10.4. The number of carbonyl (C=O) groups is 1. The summed E-state index contributed by atoms with van der Waals surface area (Å²) in [7, 11) is 1.64. The fourth-order valence-electron chi connectivity index (χ4n) is 4.60. The van der Waals surface area contributed by atoms with Gasteiger partial charge in [-0.1, -0.05) is 78.8 Å². The Labute approximate surface area is 240 Å². The molecule has 0 aliphatic rings. The monoisotopic (exact) mass is 544 g/mol. The van der Waals surface area contributed by atoms with Gasteiger partial charge in [-0.05, 0) is 52.8 Å². The van der Waals surface area contributed by atoms with Crippen molar-refractivity contribution in [2.24, 2.45) is 7.05 Å². The highest BCUT2D eigenvalue weighted by atomic mass is 16.5. The van der Waals surface area contributed by atoms with Crippen molar-refractivity contribution < 1.29 is 12.4 Å². The van der Waals surface area contributed by atoms with Gasteiger partial charge in [-0.3, -0.25) is 9.36 Å². The van der Waals surface area contributed by atoms with Crippen LogP contribution in [0.1, 0.15) is 68.4 Å². The summed E-state index contributed by atoms with van der Waals surface area (Å²) in [6.45, 7) is 8.46. The molecule has 7 nitrogen and oxygen atoms in total. The Bertz CT molecular complexity index is 1580. The number of nitrogens with one attached hydrogen (secondary N) is 2. The summed E-state index contributed by atoms with van der Waals surface area (Å²) < 4.78 is 7.06. The largest absolute Gasteiger partial charge is 0.481 e. The standard InChI is InChI=1S/C31H32N4O3.2CH4.2H2/c1-7-17-38-22-12-8-11-21(18-22)26-25-15-10-16-32-29(25)35(6)30(36)28(26)34-31(37)33-27-23(19(2)3)13-9-14-24(27)20(4)5;;;;/h1,8-16,18-20H,17H2,2-6H3,(H2,33,34,37);2*1H4;2*1H. The number of terminal acetylenes is 1. The number of rotatable bonds is 7. The van der Waals surface area contributed by atoms with Gasteiger partial charge in [0.1, 0.15) is 23.7 Å². The Morgan fingerprint density at radius 2 is 1.62 bits per heavy atom. The first-order chi connectivity index (χ1) is 18.2. The number of aromatic nitrogens is 2. The molecule has 4 aromatic rings. The number of fused-ring (bicyclic) bond motifs is 1. The van der Waals surface area contributed by atoms with Gasteiger partial charge in [0.25, 0.3) is 5.56 Å². The van der Waals surface area contributed by atoms with Crippen molar-refractivity contribution in [3.63, 3.8) is 0 Å². The van der Waals surface area contributed by atoms with Crippen molar-refractivity contribution in [3.05, 3.63) is 82.3 Å². The third kappa shape index (κ3) is 6.35. The molecule has 0 aliphatic heterocycles. The fraction of sp³-hybridized carbons (Fsp3) is 0.303. The van der Waals surface area contributed by atoms with E-state index in [1.165, 1.54) is 4.57 Å². The van der Waals surface area contributed by atoms with E-state index >= 15 is 0 Å². The molecule has 0 unspecified atom stereocenters. The molecule has 0 saturated carbocycles. The molecule has 7 heteroatoms. The number of benzene rings is 2. The second kappa shape index (κ2) is 13.5. The maximum atomic E-state index is 13.6. The first-order valence-corrected chi connectivity index (χ1v) is 12.6. The predicted molar refractivity (Wildman–Crippen MR) is 172 cm³/mol. The van der Waals surface area contributed by atoms with Gasteiger partial charge in [0.05, 0.1) is 0 Å². The number of urea groups is 1. The van der Waals surface area contributed by atoms with Crippen molar-refractivity contribution in [2.45, 2.75) is 54.4 Å². The zero-order valence-electron chi connectivity index (χ0n) is 22.3. The lowest BCUT2D eigenvalue weighted by atomic mass is 9.93. The van der Waals surface area contributed by atoms with Crippen molar-refractivity contribution in [1.29, 1.82) is 0 Å². The lowest BCUT2D eigenvalue weighted by molar-refractivity contribution is 0.262. The Balaban J connectivity index is 0.00000420. The number of amides is 2. The maximum Gasteiger partial charge on any atom is 0.323 e. The highest BCUT2D eigenvalue weighted by molar-refractivity contribution is 6.07. The first kappa shape index (κ1) is 31.6.